The van der Waals surface area contributed by atoms with E-state index >= 15 is 0 Å². The van der Waals surface area contributed by atoms with E-state index in [4.69, 9.17) is 29.3 Å². The summed E-state index contributed by atoms with van der Waals surface area (Å²) in [6.07, 6.45) is 0. The number of carboxylic acid groups (broad SMARTS) is 2. The summed E-state index contributed by atoms with van der Waals surface area (Å²) in [5.74, 6) is -3.22. The highest BCUT2D eigenvalue weighted by atomic mass is 19.1. The summed E-state index contributed by atoms with van der Waals surface area (Å²) in [7, 11) is 0. The molecule has 2 rings (SSSR count). The van der Waals surface area contributed by atoms with Crippen LogP contribution in [0.3, 0.4) is 0 Å². The third-order valence-corrected chi connectivity index (χ3v) is 3.96. The molecule has 8 nitrogen and oxygen atoms in total. The Kier molecular flexibility index (Phi) is 11.0. The minimum Gasteiger partial charge on any atom is -0.491 e. The van der Waals surface area contributed by atoms with E-state index in [1.54, 1.807) is 12.1 Å². The summed E-state index contributed by atoms with van der Waals surface area (Å²) >= 11 is 0. The van der Waals surface area contributed by atoms with E-state index in [0.717, 1.165) is 45.9 Å². The zero-order valence-electron chi connectivity index (χ0n) is 15.5. The molecule has 0 saturated carbocycles. The molecule has 0 aromatic heterocycles. The lowest BCUT2D eigenvalue weighted by atomic mass is 10.3. The van der Waals surface area contributed by atoms with E-state index in [2.05, 4.69) is 16.7 Å². The average molecular weight is 386 g/mol. The van der Waals surface area contributed by atoms with E-state index in [0.29, 0.717) is 19.0 Å². The quantitative estimate of drug-likeness (QED) is 0.505. The zero-order valence-corrected chi connectivity index (χ0v) is 15.5. The summed E-state index contributed by atoms with van der Waals surface area (Å²) in [4.78, 5) is 23.1. The minimum absolute atomic E-state index is 0.248. The zero-order chi connectivity index (χ0) is 20.1. The molecule has 0 atom stereocenters. The van der Waals surface area contributed by atoms with Crippen molar-refractivity contribution in [2.75, 3.05) is 59.1 Å². The average Bonchev–Trinajstić information content (AvgIpc) is 2.67. The van der Waals surface area contributed by atoms with E-state index < -0.39 is 11.9 Å². The molecular formula is C18H27FN2O6. The number of nitrogens with zero attached hydrogens (tertiary/aromatic N) is 2. The summed E-state index contributed by atoms with van der Waals surface area (Å²) in [6.45, 7) is 10.7. The van der Waals surface area contributed by atoms with E-state index in [1.807, 2.05) is 0 Å². The van der Waals surface area contributed by atoms with Crippen molar-refractivity contribution >= 4 is 11.9 Å². The summed E-state index contributed by atoms with van der Waals surface area (Å²) in [6, 6.07) is 6.05. The Balaban J connectivity index is 0.000000527. The predicted molar refractivity (Wildman–Crippen MR) is 96.5 cm³/mol. The van der Waals surface area contributed by atoms with Crippen molar-refractivity contribution in [2.24, 2.45) is 0 Å². The van der Waals surface area contributed by atoms with Crippen LogP contribution in [0.25, 0.3) is 0 Å². The molecule has 1 saturated heterocycles. The Morgan fingerprint density at radius 2 is 1.52 bits per heavy atom. The Labute approximate surface area is 158 Å². The van der Waals surface area contributed by atoms with Gasteiger partial charge in [-0.15, -0.1) is 0 Å². The lowest BCUT2D eigenvalue weighted by Gasteiger charge is -2.33. The van der Waals surface area contributed by atoms with Crippen molar-refractivity contribution in [1.29, 1.82) is 0 Å². The lowest BCUT2D eigenvalue weighted by molar-refractivity contribution is -0.159. The lowest BCUT2D eigenvalue weighted by Crippen LogP contribution is -2.47. The fourth-order valence-electron chi connectivity index (χ4n) is 2.37. The van der Waals surface area contributed by atoms with Gasteiger partial charge in [0.15, 0.2) is 0 Å². The standard InChI is InChI=1S/C16H25FN2O2.C2H2O4/c1-2-18-7-9-19(10-8-18)11-12-20-13-14-21-16-5-3-15(17)4-6-16;3-1(4)2(5)6/h3-6H,2,7-14H2,1H3;(H,3,4)(H,5,6). The molecule has 1 aliphatic rings. The highest BCUT2D eigenvalue weighted by Gasteiger charge is 2.14. The number of likely N-dealkylation sites (N-methyl/N-ethyl adjacent to an activating group) is 1. The van der Waals surface area contributed by atoms with Crippen molar-refractivity contribution in [1.82, 2.24) is 9.80 Å². The summed E-state index contributed by atoms with van der Waals surface area (Å²) in [5.41, 5.74) is 0. The highest BCUT2D eigenvalue weighted by Crippen LogP contribution is 2.10. The molecule has 0 radical (unpaired) electrons. The molecule has 1 aromatic rings. The fraction of sp³-hybridized carbons (Fsp3) is 0.556. The van der Waals surface area contributed by atoms with Crippen LogP contribution in [-0.2, 0) is 14.3 Å². The molecule has 1 fully saturated rings. The van der Waals surface area contributed by atoms with Gasteiger partial charge in [-0.3, -0.25) is 4.90 Å². The molecule has 0 bridgehead atoms. The molecule has 1 aromatic carbocycles. The van der Waals surface area contributed by atoms with E-state index in [9.17, 15) is 4.39 Å². The van der Waals surface area contributed by atoms with Crippen LogP contribution in [0.15, 0.2) is 24.3 Å². The van der Waals surface area contributed by atoms with Crippen molar-refractivity contribution < 1.29 is 33.7 Å². The Morgan fingerprint density at radius 3 is 2.04 bits per heavy atom. The highest BCUT2D eigenvalue weighted by molar-refractivity contribution is 6.27. The van der Waals surface area contributed by atoms with Crippen LogP contribution < -0.4 is 4.74 Å². The van der Waals surface area contributed by atoms with Crippen LogP contribution in [0.2, 0.25) is 0 Å². The Hall–Kier alpha value is -2.23. The summed E-state index contributed by atoms with van der Waals surface area (Å²) in [5, 5.41) is 14.8. The van der Waals surface area contributed by atoms with Crippen molar-refractivity contribution in [3.63, 3.8) is 0 Å². The number of benzene rings is 1. The largest absolute Gasteiger partial charge is 0.491 e. The molecule has 0 spiro atoms. The second kappa shape index (κ2) is 13.0. The maximum atomic E-state index is 12.7. The fourth-order valence-corrected chi connectivity index (χ4v) is 2.37. The van der Waals surface area contributed by atoms with Crippen molar-refractivity contribution in [2.45, 2.75) is 6.92 Å². The molecular weight excluding hydrogens is 359 g/mol. The number of ether oxygens (including phenoxy) is 2. The molecule has 0 unspecified atom stereocenters. The van der Waals surface area contributed by atoms with E-state index in [-0.39, 0.29) is 5.82 Å². The van der Waals surface area contributed by atoms with Crippen LogP contribution in [0.5, 0.6) is 5.75 Å². The number of piperazine rings is 1. The van der Waals surface area contributed by atoms with Gasteiger partial charge in [0.05, 0.1) is 13.2 Å². The number of hydrogen-bond acceptors (Lipinski definition) is 6. The van der Waals surface area contributed by atoms with Crippen LogP contribution in [0.4, 0.5) is 4.39 Å². The monoisotopic (exact) mass is 386 g/mol. The molecule has 27 heavy (non-hydrogen) atoms. The van der Waals surface area contributed by atoms with Gasteiger partial charge in [-0.1, -0.05) is 6.92 Å². The number of carbonyl (C=O) groups is 2. The molecule has 0 amide bonds. The van der Waals surface area contributed by atoms with Gasteiger partial charge in [-0.25, -0.2) is 14.0 Å². The predicted octanol–water partition coefficient (Wildman–Crippen LogP) is 1.01. The second-order valence-electron chi connectivity index (χ2n) is 5.80. The Bertz CT molecular complexity index is 549. The van der Waals surface area contributed by atoms with Gasteiger partial charge in [-0.2, -0.15) is 0 Å². The van der Waals surface area contributed by atoms with Gasteiger partial charge in [0.25, 0.3) is 0 Å². The SMILES string of the molecule is CCN1CCN(CCOCCOc2ccc(F)cc2)CC1.O=C(O)C(=O)O. The van der Waals surface area contributed by atoms with Crippen LogP contribution in [0, 0.1) is 5.82 Å². The number of aliphatic carboxylic acids is 2. The third-order valence-electron chi connectivity index (χ3n) is 3.96. The molecule has 2 N–H and O–H groups in total. The smallest absolute Gasteiger partial charge is 0.414 e. The Morgan fingerprint density at radius 1 is 0.963 bits per heavy atom. The first-order chi connectivity index (χ1) is 12.9. The first-order valence-corrected chi connectivity index (χ1v) is 8.79. The number of rotatable bonds is 8. The maximum Gasteiger partial charge on any atom is 0.414 e. The van der Waals surface area contributed by atoms with Gasteiger partial charge in [0.1, 0.15) is 18.2 Å². The number of carboxylic acids is 2. The van der Waals surface area contributed by atoms with Crippen LogP contribution in [-0.4, -0.2) is 91.0 Å². The third kappa shape index (κ3) is 10.5. The molecule has 1 aliphatic heterocycles. The van der Waals surface area contributed by atoms with Crippen molar-refractivity contribution in [3.8, 4) is 5.75 Å². The molecule has 0 aliphatic carbocycles. The first kappa shape index (κ1) is 22.8. The first-order valence-electron chi connectivity index (χ1n) is 8.79. The van der Waals surface area contributed by atoms with Crippen LogP contribution >= 0.6 is 0 Å². The van der Waals surface area contributed by atoms with E-state index in [1.165, 1.54) is 12.1 Å². The van der Waals surface area contributed by atoms with Gasteiger partial charge < -0.3 is 24.6 Å². The van der Waals surface area contributed by atoms with Gasteiger partial charge in [0, 0.05) is 32.7 Å². The number of hydrogen-bond donors (Lipinski definition) is 2. The molecule has 1 heterocycles. The minimum atomic E-state index is -1.82. The summed E-state index contributed by atoms with van der Waals surface area (Å²) < 4.78 is 23.8. The van der Waals surface area contributed by atoms with Crippen LogP contribution in [0.1, 0.15) is 6.92 Å². The molecule has 152 valence electrons. The second-order valence-corrected chi connectivity index (χ2v) is 5.80. The topological polar surface area (TPSA) is 99.5 Å². The number of halogens is 1. The normalized spacial score (nSPS) is 14.9. The van der Waals surface area contributed by atoms with Gasteiger partial charge in [0.2, 0.25) is 0 Å². The molecule has 9 heteroatoms. The van der Waals surface area contributed by atoms with Crippen molar-refractivity contribution in [3.05, 3.63) is 30.1 Å². The van der Waals surface area contributed by atoms with Gasteiger partial charge >= 0.3 is 11.9 Å². The maximum absolute atomic E-state index is 12.7. The van der Waals surface area contributed by atoms with Gasteiger partial charge in [-0.05, 0) is 30.8 Å².